The minimum Gasteiger partial charge on any atom is -0.346 e. The minimum atomic E-state index is -0.0349. The molecule has 0 unspecified atom stereocenters. The van der Waals surface area contributed by atoms with Crippen LogP contribution in [0.4, 0.5) is 0 Å². The predicted octanol–water partition coefficient (Wildman–Crippen LogP) is 4.22. The van der Waals surface area contributed by atoms with Crippen molar-refractivity contribution in [1.29, 1.82) is 0 Å². The Labute approximate surface area is 142 Å². The Morgan fingerprint density at radius 2 is 2.17 bits per heavy atom. The van der Waals surface area contributed by atoms with E-state index in [1.54, 1.807) is 11.3 Å². The number of rotatable bonds is 5. The lowest BCUT2D eigenvalue weighted by atomic mass is 10.2. The molecule has 3 heterocycles. The van der Waals surface area contributed by atoms with Crippen LogP contribution < -0.4 is 5.32 Å². The van der Waals surface area contributed by atoms with Crippen molar-refractivity contribution in [3.63, 3.8) is 0 Å². The second-order valence-corrected chi connectivity index (χ2v) is 7.58. The van der Waals surface area contributed by atoms with Crippen molar-refractivity contribution in [2.45, 2.75) is 33.2 Å². The molecule has 0 aromatic carbocycles. The smallest absolute Gasteiger partial charge is 0.268 e. The topological polar surface area (TPSA) is 68.0 Å². The Morgan fingerprint density at radius 1 is 1.35 bits per heavy atom. The van der Waals surface area contributed by atoms with Crippen LogP contribution in [0.15, 0.2) is 28.1 Å². The van der Waals surface area contributed by atoms with Gasteiger partial charge in [-0.2, -0.15) is 4.98 Å². The van der Waals surface area contributed by atoms with E-state index in [0.717, 1.165) is 20.2 Å². The van der Waals surface area contributed by atoms with E-state index in [0.29, 0.717) is 18.3 Å². The maximum absolute atomic E-state index is 12.1. The number of aromatic nitrogens is 2. The third-order valence-electron chi connectivity index (χ3n) is 3.32. The van der Waals surface area contributed by atoms with Gasteiger partial charge in [-0.15, -0.1) is 22.7 Å². The molecule has 7 heteroatoms. The summed E-state index contributed by atoms with van der Waals surface area (Å²) in [5.41, 5.74) is 1.01. The summed E-state index contributed by atoms with van der Waals surface area (Å²) in [6.45, 7) is 6.48. The number of nitrogens with one attached hydrogen (secondary N) is 1. The van der Waals surface area contributed by atoms with Crippen LogP contribution in [0.5, 0.6) is 0 Å². The summed E-state index contributed by atoms with van der Waals surface area (Å²) in [5.74, 6) is 1.44. The van der Waals surface area contributed by atoms with Crippen molar-refractivity contribution in [2.75, 3.05) is 0 Å². The highest BCUT2D eigenvalue weighted by Crippen LogP contribution is 2.28. The molecule has 1 N–H and O–H groups in total. The van der Waals surface area contributed by atoms with Crippen LogP contribution in [0, 0.1) is 6.92 Å². The van der Waals surface area contributed by atoms with Crippen molar-refractivity contribution in [1.82, 2.24) is 15.5 Å². The molecule has 0 saturated heterocycles. The first-order valence-corrected chi connectivity index (χ1v) is 8.99. The molecule has 23 heavy (non-hydrogen) atoms. The molecule has 0 radical (unpaired) electrons. The second-order valence-electron chi connectivity index (χ2n) is 5.49. The molecule has 3 rings (SSSR count). The standard InChI is InChI=1S/C16H17N3O2S2/c1-9(2)14-18-16(21-19-14)12-5-4-11(23-12)8-17-15(20)13-10(3)6-7-22-13/h4-7,9H,8H2,1-3H3,(H,17,20). The molecular formula is C16H17N3O2S2. The van der Waals surface area contributed by atoms with E-state index in [1.165, 1.54) is 11.3 Å². The van der Waals surface area contributed by atoms with Crippen LogP contribution in [0.3, 0.4) is 0 Å². The summed E-state index contributed by atoms with van der Waals surface area (Å²) in [6.07, 6.45) is 0. The lowest BCUT2D eigenvalue weighted by Crippen LogP contribution is -2.21. The van der Waals surface area contributed by atoms with Gasteiger partial charge >= 0.3 is 0 Å². The van der Waals surface area contributed by atoms with Crippen molar-refractivity contribution in [3.05, 3.63) is 44.7 Å². The van der Waals surface area contributed by atoms with Gasteiger partial charge in [0.2, 0.25) is 0 Å². The number of thiophene rings is 2. The summed E-state index contributed by atoms with van der Waals surface area (Å²) in [4.78, 5) is 19.2. The molecular weight excluding hydrogens is 330 g/mol. The molecule has 120 valence electrons. The lowest BCUT2D eigenvalue weighted by Gasteiger charge is -2.02. The average Bonchev–Trinajstić information content (AvgIpc) is 3.24. The highest BCUT2D eigenvalue weighted by Gasteiger charge is 2.14. The van der Waals surface area contributed by atoms with Crippen molar-refractivity contribution in [3.8, 4) is 10.8 Å². The Balaban J connectivity index is 1.65. The fourth-order valence-corrected chi connectivity index (χ4v) is 3.72. The maximum Gasteiger partial charge on any atom is 0.268 e. The minimum absolute atomic E-state index is 0.0349. The van der Waals surface area contributed by atoms with Gasteiger partial charge in [0.15, 0.2) is 5.82 Å². The highest BCUT2D eigenvalue weighted by molar-refractivity contribution is 7.15. The van der Waals surface area contributed by atoms with Gasteiger partial charge in [-0.05, 0) is 36.1 Å². The van der Waals surface area contributed by atoms with Gasteiger partial charge < -0.3 is 9.84 Å². The third kappa shape index (κ3) is 3.51. The first kappa shape index (κ1) is 15.9. The number of amides is 1. The Kier molecular flexibility index (Phi) is 4.58. The number of carbonyl (C=O) groups is 1. The number of hydrogen-bond donors (Lipinski definition) is 1. The van der Waals surface area contributed by atoms with Crippen LogP contribution >= 0.6 is 22.7 Å². The molecule has 0 bridgehead atoms. The molecule has 3 aromatic rings. The summed E-state index contributed by atoms with van der Waals surface area (Å²) < 4.78 is 5.29. The number of nitrogens with zero attached hydrogens (tertiary/aromatic N) is 2. The van der Waals surface area contributed by atoms with Crippen LogP contribution in [0.1, 0.15) is 45.7 Å². The Bertz CT molecular complexity index is 817. The van der Waals surface area contributed by atoms with Crippen molar-refractivity contribution < 1.29 is 9.32 Å². The summed E-state index contributed by atoms with van der Waals surface area (Å²) >= 11 is 3.01. The first-order chi connectivity index (χ1) is 11.0. The zero-order valence-electron chi connectivity index (χ0n) is 13.1. The normalized spacial score (nSPS) is 11.1. The van der Waals surface area contributed by atoms with Crippen LogP contribution in [-0.4, -0.2) is 16.0 Å². The molecule has 0 fully saturated rings. The predicted molar refractivity (Wildman–Crippen MR) is 91.9 cm³/mol. The van der Waals surface area contributed by atoms with E-state index in [1.807, 2.05) is 44.4 Å². The van der Waals surface area contributed by atoms with E-state index in [-0.39, 0.29) is 11.8 Å². The summed E-state index contributed by atoms with van der Waals surface area (Å²) in [7, 11) is 0. The fraction of sp³-hybridized carbons (Fsp3) is 0.312. The van der Waals surface area contributed by atoms with Gasteiger partial charge in [0.1, 0.15) is 0 Å². The largest absolute Gasteiger partial charge is 0.346 e. The molecule has 0 aliphatic rings. The van der Waals surface area contributed by atoms with Gasteiger partial charge in [0.05, 0.1) is 16.3 Å². The van der Waals surface area contributed by atoms with Crippen LogP contribution in [0.2, 0.25) is 0 Å². The Morgan fingerprint density at radius 3 is 2.83 bits per heavy atom. The van der Waals surface area contributed by atoms with Crippen LogP contribution in [0.25, 0.3) is 10.8 Å². The molecule has 0 aliphatic carbocycles. The summed E-state index contributed by atoms with van der Waals surface area (Å²) in [6, 6.07) is 5.87. The van der Waals surface area contributed by atoms with Crippen molar-refractivity contribution in [2.24, 2.45) is 0 Å². The van der Waals surface area contributed by atoms with E-state index >= 15 is 0 Å². The van der Waals surface area contributed by atoms with Gasteiger partial charge in [0.25, 0.3) is 11.8 Å². The highest BCUT2D eigenvalue weighted by atomic mass is 32.1. The van der Waals surface area contributed by atoms with Crippen molar-refractivity contribution >= 4 is 28.6 Å². The van der Waals surface area contributed by atoms with Gasteiger partial charge in [-0.1, -0.05) is 19.0 Å². The zero-order valence-corrected chi connectivity index (χ0v) is 14.8. The lowest BCUT2D eigenvalue weighted by molar-refractivity contribution is 0.0955. The number of aryl methyl sites for hydroxylation is 1. The second kappa shape index (κ2) is 6.64. The molecule has 5 nitrogen and oxygen atoms in total. The SMILES string of the molecule is Cc1ccsc1C(=O)NCc1ccc(-c2nc(C(C)C)no2)s1. The molecule has 0 atom stereocenters. The maximum atomic E-state index is 12.1. The number of carbonyl (C=O) groups excluding carboxylic acids is 1. The molecule has 1 amide bonds. The Hall–Kier alpha value is -1.99. The van der Waals surface area contributed by atoms with Crippen LogP contribution in [-0.2, 0) is 6.54 Å². The monoisotopic (exact) mass is 347 g/mol. The van der Waals surface area contributed by atoms with Gasteiger partial charge in [-0.25, -0.2) is 0 Å². The average molecular weight is 347 g/mol. The fourth-order valence-electron chi connectivity index (χ4n) is 2.01. The molecule has 3 aromatic heterocycles. The molecule has 0 aliphatic heterocycles. The van der Waals surface area contributed by atoms with E-state index in [4.69, 9.17) is 4.52 Å². The summed E-state index contributed by atoms with van der Waals surface area (Å²) in [5, 5.41) is 8.84. The third-order valence-corrected chi connectivity index (χ3v) is 5.41. The first-order valence-electron chi connectivity index (χ1n) is 7.29. The zero-order chi connectivity index (χ0) is 16.4. The number of hydrogen-bond acceptors (Lipinski definition) is 6. The van der Waals surface area contributed by atoms with E-state index in [9.17, 15) is 4.79 Å². The quantitative estimate of drug-likeness (QED) is 0.750. The van der Waals surface area contributed by atoms with E-state index < -0.39 is 0 Å². The molecule has 0 saturated carbocycles. The van der Waals surface area contributed by atoms with E-state index in [2.05, 4.69) is 15.5 Å². The molecule has 0 spiro atoms. The van der Waals surface area contributed by atoms with Gasteiger partial charge in [-0.3, -0.25) is 4.79 Å². The van der Waals surface area contributed by atoms with Gasteiger partial charge in [0, 0.05) is 10.8 Å².